The molecule has 1 aliphatic rings. The molecule has 1 unspecified atom stereocenters. The minimum Gasteiger partial charge on any atom is -0.468 e. The van der Waals surface area contributed by atoms with Gasteiger partial charge >= 0.3 is 5.97 Å². The molecule has 1 rings (SSSR count). The Morgan fingerprint density at radius 1 is 1.73 bits per heavy atom. The highest BCUT2D eigenvalue weighted by Gasteiger charge is 2.26. The second-order valence-electron chi connectivity index (χ2n) is 2.65. The van der Waals surface area contributed by atoms with E-state index in [-0.39, 0.29) is 12.0 Å². The maximum atomic E-state index is 11.1. The van der Waals surface area contributed by atoms with E-state index in [1.165, 1.54) is 7.11 Å². The molecule has 1 saturated heterocycles. The number of hydrogen-bond donors (Lipinski definition) is 0. The first kappa shape index (κ1) is 8.49. The molecule has 0 aliphatic carbocycles. The standard InChI is InChI=1S/C7H13N2O2/c1-9-4-3-8-5-6(9)7(10)11-2/h6H,3-5H2,1-2H3. The van der Waals surface area contributed by atoms with E-state index in [0.717, 1.165) is 13.1 Å². The van der Waals surface area contributed by atoms with Crippen LogP contribution in [0.1, 0.15) is 0 Å². The van der Waals surface area contributed by atoms with Crippen LogP contribution in [-0.2, 0) is 9.53 Å². The molecule has 4 heteroatoms. The van der Waals surface area contributed by atoms with Crippen LogP contribution in [0.4, 0.5) is 0 Å². The summed E-state index contributed by atoms with van der Waals surface area (Å²) in [5.74, 6) is -0.184. The predicted molar refractivity (Wildman–Crippen MR) is 40.3 cm³/mol. The number of carbonyl (C=O) groups is 1. The zero-order valence-corrected chi connectivity index (χ0v) is 6.91. The van der Waals surface area contributed by atoms with Crippen molar-refractivity contribution in [1.29, 1.82) is 0 Å². The largest absolute Gasteiger partial charge is 0.468 e. The van der Waals surface area contributed by atoms with E-state index in [1.54, 1.807) is 0 Å². The van der Waals surface area contributed by atoms with E-state index < -0.39 is 0 Å². The Morgan fingerprint density at radius 3 is 3.00 bits per heavy atom. The van der Waals surface area contributed by atoms with Crippen LogP contribution in [0.5, 0.6) is 0 Å². The number of ether oxygens (including phenoxy) is 1. The molecule has 0 spiro atoms. The van der Waals surface area contributed by atoms with Crippen molar-refractivity contribution in [3.05, 3.63) is 0 Å². The quantitative estimate of drug-likeness (QED) is 0.462. The molecule has 1 aliphatic heterocycles. The average molecular weight is 157 g/mol. The summed E-state index contributed by atoms with van der Waals surface area (Å²) in [6, 6.07) is -0.159. The van der Waals surface area contributed by atoms with Gasteiger partial charge in [-0.05, 0) is 7.05 Å². The Morgan fingerprint density at radius 2 is 2.45 bits per heavy atom. The number of rotatable bonds is 1. The van der Waals surface area contributed by atoms with Crippen molar-refractivity contribution in [1.82, 2.24) is 10.2 Å². The lowest BCUT2D eigenvalue weighted by molar-refractivity contribution is -0.147. The van der Waals surface area contributed by atoms with E-state index >= 15 is 0 Å². The Hall–Kier alpha value is -0.610. The SMILES string of the molecule is COC(=O)C1C[N]CCN1C. The lowest BCUT2D eigenvalue weighted by atomic mass is 10.2. The third-order valence-corrected chi connectivity index (χ3v) is 1.92. The number of nitrogens with zero attached hydrogens (tertiary/aromatic N) is 2. The fourth-order valence-electron chi connectivity index (χ4n) is 1.13. The van der Waals surface area contributed by atoms with Gasteiger partial charge < -0.3 is 4.74 Å². The average Bonchev–Trinajstić information content (AvgIpc) is 2.04. The zero-order chi connectivity index (χ0) is 8.27. The van der Waals surface area contributed by atoms with Crippen LogP contribution in [0, 0.1) is 0 Å². The molecule has 0 amide bonds. The predicted octanol–water partition coefficient (Wildman–Crippen LogP) is -0.922. The van der Waals surface area contributed by atoms with E-state index in [2.05, 4.69) is 10.1 Å². The van der Waals surface area contributed by atoms with Gasteiger partial charge in [0.15, 0.2) is 0 Å². The second kappa shape index (κ2) is 3.69. The van der Waals surface area contributed by atoms with Crippen LogP contribution in [0.2, 0.25) is 0 Å². The van der Waals surface area contributed by atoms with E-state index in [1.807, 2.05) is 11.9 Å². The van der Waals surface area contributed by atoms with Crippen LogP contribution < -0.4 is 5.32 Å². The third kappa shape index (κ3) is 1.91. The van der Waals surface area contributed by atoms with Gasteiger partial charge in [0.1, 0.15) is 6.04 Å². The van der Waals surface area contributed by atoms with Gasteiger partial charge in [-0.3, -0.25) is 9.69 Å². The van der Waals surface area contributed by atoms with Crippen molar-refractivity contribution in [2.24, 2.45) is 0 Å². The maximum Gasteiger partial charge on any atom is 0.324 e. The van der Waals surface area contributed by atoms with Gasteiger partial charge in [-0.1, -0.05) is 0 Å². The van der Waals surface area contributed by atoms with Crippen molar-refractivity contribution in [3.63, 3.8) is 0 Å². The number of esters is 1. The molecule has 0 aromatic rings. The molecular weight excluding hydrogens is 144 g/mol. The van der Waals surface area contributed by atoms with Crippen LogP contribution in [0.3, 0.4) is 0 Å². The smallest absolute Gasteiger partial charge is 0.324 e. The first-order valence-electron chi connectivity index (χ1n) is 3.67. The summed E-state index contributed by atoms with van der Waals surface area (Å²) in [5, 5.41) is 4.14. The van der Waals surface area contributed by atoms with Gasteiger partial charge in [0.05, 0.1) is 7.11 Å². The molecule has 4 nitrogen and oxygen atoms in total. The highest BCUT2D eigenvalue weighted by molar-refractivity contribution is 5.76. The topological polar surface area (TPSA) is 43.6 Å². The number of piperazine rings is 1. The van der Waals surface area contributed by atoms with E-state index in [4.69, 9.17) is 0 Å². The summed E-state index contributed by atoms with van der Waals surface area (Å²) < 4.78 is 4.62. The van der Waals surface area contributed by atoms with Crippen molar-refractivity contribution < 1.29 is 9.53 Å². The Kier molecular flexibility index (Phi) is 2.84. The normalized spacial score (nSPS) is 26.5. The van der Waals surface area contributed by atoms with Crippen LogP contribution in [0.25, 0.3) is 0 Å². The van der Waals surface area contributed by atoms with Gasteiger partial charge in [0, 0.05) is 19.6 Å². The lowest BCUT2D eigenvalue weighted by Gasteiger charge is -2.29. The molecule has 0 bridgehead atoms. The third-order valence-electron chi connectivity index (χ3n) is 1.92. The summed E-state index contributed by atoms with van der Waals surface area (Å²) in [6.45, 7) is 2.24. The molecule has 1 radical (unpaired) electrons. The molecule has 1 fully saturated rings. The minimum absolute atomic E-state index is 0.159. The van der Waals surface area contributed by atoms with Gasteiger partial charge in [-0.25, -0.2) is 5.32 Å². The second-order valence-corrected chi connectivity index (χ2v) is 2.65. The molecule has 1 atom stereocenters. The lowest BCUT2D eigenvalue weighted by Crippen LogP contribution is -2.50. The molecule has 0 N–H and O–H groups in total. The van der Waals surface area contributed by atoms with Gasteiger partial charge in [-0.2, -0.15) is 0 Å². The van der Waals surface area contributed by atoms with Crippen molar-refractivity contribution in [3.8, 4) is 0 Å². The van der Waals surface area contributed by atoms with Crippen molar-refractivity contribution in [2.45, 2.75) is 6.04 Å². The number of likely N-dealkylation sites (N-methyl/N-ethyl adjacent to an activating group) is 1. The van der Waals surface area contributed by atoms with Crippen molar-refractivity contribution in [2.75, 3.05) is 33.8 Å². The first-order valence-corrected chi connectivity index (χ1v) is 3.67. The maximum absolute atomic E-state index is 11.1. The highest BCUT2D eigenvalue weighted by Crippen LogP contribution is 2.01. The first-order chi connectivity index (χ1) is 5.25. The van der Waals surface area contributed by atoms with Crippen molar-refractivity contribution >= 4 is 5.97 Å². The summed E-state index contributed by atoms with van der Waals surface area (Å²) >= 11 is 0. The molecular formula is C7H13N2O2. The fraction of sp³-hybridized carbons (Fsp3) is 0.857. The Balaban J connectivity index is 2.47. The van der Waals surface area contributed by atoms with Crippen LogP contribution in [0.15, 0.2) is 0 Å². The number of hydrogen-bond acceptors (Lipinski definition) is 3. The number of carbonyl (C=O) groups excluding carboxylic acids is 1. The summed E-state index contributed by atoms with van der Waals surface area (Å²) in [4.78, 5) is 13.0. The number of methoxy groups -OCH3 is 1. The fourth-order valence-corrected chi connectivity index (χ4v) is 1.13. The van der Waals surface area contributed by atoms with Gasteiger partial charge in [0.25, 0.3) is 0 Å². The van der Waals surface area contributed by atoms with Crippen LogP contribution >= 0.6 is 0 Å². The zero-order valence-electron chi connectivity index (χ0n) is 6.91. The van der Waals surface area contributed by atoms with Gasteiger partial charge in [0.2, 0.25) is 0 Å². The molecule has 0 aromatic carbocycles. The molecule has 1 heterocycles. The minimum atomic E-state index is -0.184. The Labute approximate surface area is 66.5 Å². The van der Waals surface area contributed by atoms with E-state index in [0.29, 0.717) is 6.54 Å². The molecule has 0 aromatic heterocycles. The molecule has 63 valence electrons. The van der Waals surface area contributed by atoms with Crippen LogP contribution in [-0.4, -0.2) is 50.7 Å². The Bertz CT molecular complexity index is 149. The summed E-state index contributed by atoms with van der Waals surface area (Å²) in [5.41, 5.74) is 0. The monoisotopic (exact) mass is 157 g/mol. The molecule has 0 saturated carbocycles. The molecule has 11 heavy (non-hydrogen) atoms. The van der Waals surface area contributed by atoms with E-state index in [9.17, 15) is 4.79 Å². The van der Waals surface area contributed by atoms with Gasteiger partial charge in [-0.15, -0.1) is 0 Å². The highest BCUT2D eigenvalue weighted by atomic mass is 16.5. The summed E-state index contributed by atoms with van der Waals surface area (Å²) in [7, 11) is 3.32. The summed E-state index contributed by atoms with van der Waals surface area (Å²) in [6.07, 6.45) is 0.